The highest BCUT2D eigenvalue weighted by Gasteiger charge is 2.23. The van der Waals surface area contributed by atoms with E-state index in [0.29, 0.717) is 17.2 Å². The number of Topliss-reactive ketones (excluding diaryl/α,β-unsaturated/α-hetero) is 1. The van der Waals surface area contributed by atoms with Crippen LogP contribution in [0.4, 0.5) is 0 Å². The first-order chi connectivity index (χ1) is 8.49. The maximum absolute atomic E-state index is 12.4. The molecule has 4 nitrogen and oxygen atoms in total. The smallest absolute Gasteiger partial charge is 0.270 e. The molecule has 98 valence electrons. The molecule has 18 heavy (non-hydrogen) atoms. The Morgan fingerprint density at radius 3 is 2.39 bits per heavy atom. The predicted molar refractivity (Wildman–Crippen MR) is 69.7 cm³/mol. The molecular weight excluding hydrogens is 228 g/mol. The van der Waals surface area contributed by atoms with E-state index in [1.54, 1.807) is 16.8 Å². The zero-order valence-corrected chi connectivity index (χ0v) is 11.3. The second kappa shape index (κ2) is 4.96. The summed E-state index contributed by atoms with van der Waals surface area (Å²) in [4.78, 5) is 25.6. The Labute approximate surface area is 108 Å². The van der Waals surface area contributed by atoms with E-state index in [9.17, 15) is 9.59 Å². The van der Waals surface area contributed by atoms with Crippen molar-refractivity contribution in [3.05, 3.63) is 23.5 Å². The highest BCUT2D eigenvalue weighted by molar-refractivity contribution is 5.99. The van der Waals surface area contributed by atoms with Gasteiger partial charge in [-0.05, 0) is 31.7 Å². The Morgan fingerprint density at radius 1 is 1.28 bits per heavy atom. The molecule has 0 N–H and O–H groups in total. The predicted octanol–water partition coefficient (Wildman–Crippen LogP) is 2.10. The van der Waals surface area contributed by atoms with Crippen molar-refractivity contribution in [2.24, 2.45) is 13.0 Å². The van der Waals surface area contributed by atoms with Gasteiger partial charge in [0.25, 0.3) is 5.91 Å². The molecule has 4 heteroatoms. The monoisotopic (exact) mass is 248 g/mol. The van der Waals surface area contributed by atoms with Crippen LogP contribution in [0.1, 0.15) is 47.5 Å². The van der Waals surface area contributed by atoms with Crippen LogP contribution in [0.2, 0.25) is 0 Å². The minimum Gasteiger partial charge on any atom is -0.346 e. The average Bonchev–Trinajstić information content (AvgIpc) is 2.71. The van der Waals surface area contributed by atoms with Crippen LogP contribution in [0, 0.1) is 5.92 Å². The first-order valence-corrected chi connectivity index (χ1v) is 6.45. The van der Waals surface area contributed by atoms with Crippen LogP contribution in [-0.4, -0.2) is 34.2 Å². The lowest BCUT2D eigenvalue weighted by atomic mass is 9.99. The molecule has 0 atom stereocenters. The minimum absolute atomic E-state index is 0.00286. The summed E-state index contributed by atoms with van der Waals surface area (Å²) >= 11 is 0. The van der Waals surface area contributed by atoms with Crippen molar-refractivity contribution < 1.29 is 9.59 Å². The Balaban J connectivity index is 2.16. The molecule has 2 heterocycles. The van der Waals surface area contributed by atoms with Crippen molar-refractivity contribution in [2.45, 2.75) is 26.7 Å². The van der Waals surface area contributed by atoms with Crippen LogP contribution < -0.4 is 0 Å². The normalized spacial score (nSPS) is 16.9. The number of hydrogen-bond acceptors (Lipinski definition) is 2. The number of aryl methyl sites for hydroxylation is 1. The van der Waals surface area contributed by atoms with E-state index in [0.717, 1.165) is 25.9 Å². The second-order valence-electron chi connectivity index (χ2n) is 5.26. The van der Waals surface area contributed by atoms with E-state index in [2.05, 4.69) is 6.92 Å². The summed E-state index contributed by atoms with van der Waals surface area (Å²) in [5, 5.41) is 0. The summed E-state index contributed by atoms with van der Waals surface area (Å²) in [6.45, 7) is 5.38. The van der Waals surface area contributed by atoms with E-state index in [-0.39, 0.29) is 11.7 Å². The number of carbonyl (C=O) groups is 2. The molecule has 1 aliphatic heterocycles. The van der Waals surface area contributed by atoms with Crippen molar-refractivity contribution in [3.63, 3.8) is 0 Å². The molecule has 1 aromatic heterocycles. The van der Waals surface area contributed by atoms with E-state index in [1.807, 2.05) is 11.9 Å². The molecule has 0 bridgehead atoms. The molecule has 0 aliphatic carbocycles. The molecule has 0 aromatic carbocycles. The zero-order valence-electron chi connectivity index (χ0n) is 11.3. The SMILES string of the molecule is CC(=O)c1cc(C(=O)N2CCC(C)CC2)n(C)c1. The topological polar surface area (TPSA) is 42.3 Å². The number of aromatic nitrogens is 1. The van der Waals surface area contributed by atoms with Crippen LogP contribution in [-0.2, 0) is 7.05 Å². The summed E-state index contributed by atoms with van der Waals surface area (Å²) < 4.78 is 1.75. The number of likely N-dealkylation sites (tertiary alicyclic amines) is 1. The number of piperidine rings is 1. The van der Waals surface area contributed by atoms with Gasteiger partial charge in [-0.15, -0.1) is 0 Å². The Morgan fingerprint density at radius 2 is 1.89 bits per heavy atom. The van der Waals surface area contributed by atoms with Crippen LogP contribution in [0.5, 0.6) is 0 Å². The van der Waals surface area contributed by atoms with E-state index >= 15 is 0 Å². The highest BCUT2D eigenvalue weighted by Crippen LogP contribution is 2.19. The Kier molecular flexibility index (Phi) is 3.55. The first kappa shape index (κ1) is 12.9. The van der Waals surface area contributed by atoms with Crippen LogP contribution in [0.25, 0.3) is 0 Å². The molecule has 1 aliphatic rings. The van der Waals surface area contributed by atoms with Gasteiger partial charge < -0.3 is 9.47 Å². The number of carbonyl (C=O) groups excluding carboxylic acids is 2. The fourth-order valence-electron chi connectivity index (χ4n) is 2.34. The van der Waals surface area contributed by atoms with E-state index in [4.69, 9.17) is 0 Å². The third-order valence-corrected chi connectivity index (χ3v) is 3.70. The van der Waals surface area contributed by atoms with Gasteiger partial charge in [0.05, 0.1) is 0 Å². The van der Waals surface area contributed by atoms with Gasteiger partial charge in [0.15, 0.2) is 5.78 Å². The van der Waals surface area contributed by atoms with E-state index in [1.165, 1.54) is 6.92 Å². The van der Waals surface area contributed by atoms with Crippen LogP contribution in [0.15, 0.2) is 12.3 Å². The average molecular weight is 248 g/mol. The lowest BCUT2D eigenvalue weighted by Gasteiger charge is -2.30. The Hall–Kier alpha value is -1.58. The molecule has 1 saturated heterocycles. The van der Waals surface area contributed by atoms with Crippen molar-refractivity contribution in [1.82, 2.24) is 9.47 Å². The standard InChI is InChI=1S/C14H20N2O2/c1-10-4-6-16(7-5-10)14(18)13-8-12(11(2)17)9-15(13)3/h8-10H,4-7H2,1-3H3. The highest BCUT2D eigenvalue weighted by atomic mass is 16.2. The summed E-state index contributed by atoms with van der Waals surface area (Å²) in [7, 11) is 1.81. The summed E-state index contributed by atoms with van der Waals surface area (Å²) in [6, 6.07) is 1.70. The number of hydrogen-bond donors (Lipinski definition) is 0. The maximum atomic E-state index is 12.4. The van der Waals surface area contributed by atoms with Gasteiger partial charge in [-0.3, -0.25) is 9.59 Å². The van der Waals surface area contributed by atoms with Crippen molar-refractivity contribution >= 4 is 11.7 Å². The fourth-order valence-corrected chi connectivity index (χ4v) is 2.34. The fraction of sp³-hybridized carbons (Fsp3) is 0.571. The van der Waals surface area contributed by atoms with Gasteiger partial charge >= 0.3 is 0 Å². The molecule has 0 saturated carbocycles. The zero-order chi connectivity index (χ0) is 13.3. The van der Waals surface area contributed by atoms with E-state index < -0.39 is 0 Å². The largest absolute Gasteiger partial charge is 0.346 e. The minimum atomic E-state index is -0.00286. The van der Waals surface area contributed by atoms with Crippen molar-refractivity contribution in [3.8, 4) is 0 Å². The number of nitrogens with zero attached hydrogens (tertiary/aromatic N) is 2. The quantitative estimate of drug-likeness (QED) is 0.752. The summed E-state index contributed by atoms with van der Waals surface area (Å²) in [5.41, 5.74) is 1.21. The third-order valence-electron chi connectivity index (χ3n) is 3.70. The maximum Gasteiger partial charge on any atom is 0.270 e. The molecule has 2 rings (SSSR count). The molecule has 1 aromatic rings. The second-order valence-corrected chi connectivity index (χ2v) is 5.26. The number of rotatable bonds is 2. The van der Waals surface area contributed by atoms with Gasteiger partial charge in [0.1, 0.15) is 5.69 Å². The first-order valence-electron chi connectivity index (χ1n) is 6.45. The molecule has 0 radical (unpaired) electrons. The molecule has 0 unspecified atom stereocenters. The Bertz CT molecular complexity index is 468. The summed E-state index contributed by atoms with van der Waals surface area (Å²) in [5.74, 6) is 0.740. The van der Waals surface area contributed by atoms with Gasteiger partial charge in [0, 0.05) is 31.9 Å². The van der Waals surface area contributed by atoms with Crippen molar-refractivity contribution in [2.75, 3.05) is 13.1 Å². The van der Waals surface area contributed by atoms with Crippen LogP contribution >= 0.6 is 0 Å². The van der Waals surface area contributed by atoms with Gasteiger partial charge in [-0.2, -0.15) is 0 Å². The molecular formula is C14H20N2O2. The number of ketones is 1. The lowest BCUT2D eigenvalue weighted by Crippen LogP contribution is -2.38. The third kappa shape index (κ3) is 2.47. The van der Waals surface area contributed by atoms with Crippen LogP contribution in [0.3, 0.4) is 0 Å². The summed E-state index contributed by atoms with van der Waals surface area (Å²) in [6.07, 6.45) is 3.85. The molecule has 1 amide bonds. The van der Waals surface area contributed by atoms with Gasteiger partial charge in [0.2, 0.25) is 0 Å². The molecule has 1 fully saturated rings. The number of amides is 1. The van der Waals surface area contributed by atoms with Gasteiger partial charge in [-0.25, -0.2) is 0 Å². The molecule has 0 spiro atoms. The lowest BCUT2D eigenvalue weighted by molar-refractivity contribution is 0.0687. The van der Waals surface area contributed by atoms with Gasteiger partial charge in [-0.1, -0.05) is 6.92 Å². The van der Waals surface area contributed by atoms with Crippen molar-refractivity contribution in [1.29, 1.82) is 0 Å².